The van der Waals surface area contributed by atoms with Gasteiger partial charge in [0.2, 0.25) is 0 Å². The number of aryl methyl sites for hydroxylation is 2. The van der Waals surface area contributed by atoms with Gasteiger partial charge in [-0.1, -0.05) is 196 Å². The molecule has 0 N–H and O–H groups in total. The molecule has 0 fully saturated rings. The van der Waals surface area contributed by atoms with Gasteiger partial charge in [0.25, 0.3) is 0 Å². The van der Waals surface area contributed by atoms with E-state index in [1.807, 2.05) is 72.8 Å². The van der Waals surface area contributed by atoms with Crippen molar-refractivity contribution in [1.29, 1.82) is 0 Å². The molecule has 0 bridgehead atoms. The second-order valence-electron chi connectivity index (χ2n) is 17.4. The first kappa shape index (κ1) is 43.7. The van der Waals surface area contributed by atoms with Crippen LogP contribution >= 0.6 is 23.5 Å². The number of hydrogen-bond acceptors (Lipinski definition) is 6. The van der Waals surface area contributed by atoms with Crippen LogP contribution in [0.25, 0.3) is 55.4 Å². The number of rotatable bonds is 18. The minimum atomic E-state index is -0.506. The molecular weight excluding hydrogens is 856 g/mol. The first-order chi connectivity index (χ1) is 32.6. The Hall–Kier alpha value is -6.23. The highest BCUT2D eigenvalue weighted by Gasteiger charge is 2.35. The molecule has 6 aromatic carbocycles. The summed E-state index contributed by atoms with van der Waals surface area (Å²) in [5, 5.41) is 0.968. The van der Waals surface area contributed by atoms with E-state index >= 15 is 8.78 Å². The third-order valence-electron chi connectivity index (χ3n) is 13.0. The largest absolute Gasteiger partial charge is 0.382 e. The highest BCUT2D eigenvalue weighted by Crippen LogP contribution is 2.47. The number of fused-ring (bicyclic) bond motifs is 5. The Labute approximate surface area is 394 Å². The highest BCUT2D eigenvalue weighted by molar-refractivity contribution is 7.00. The summed E-state index contributed by atoms with van der Waals surface area (Å²) in [6, 6.07) is 45.8. The lowest BCUT2D eigenvalue weighted by Crippen LogP contribution is -2.48. The monoisotopic (exact) mass is 906 g/mol. The van der Waals surface area contributed by atoms with Gasteiger partial charge in [-0.2, -0.15) is 17.5 Å². The Balaban J connectivity index is 1.30. The fourth-order valence-electron chi connectivity index (χ4n) is 9.91. The minimum Gasteiger partial charge on any atom is -0.382 e. The van der Waals surface area contributed by atoms with Crippen LogP contribution in [0.2, 0.25) is 0 Å². The molecule has 0 aliphatic carbocycles. The van der Waals surface area contributed by atoms with E-state index in [1.54, 1.807) is 0 Å². The molecule has 6 nitrogen and oxygen atoms in total. The van der Waals surface area contributed by atoms with Crippen molar-refractivity contribution in [2.24, 2.45) is 0 Å². The Morgan fingerprint density at radius 2 is 0.773 bits per heavy atom. The molecule has 0 aliphatic heterocycles. The van der Waals surface area contributed by atoms with Crippen LogP contribution in [0.4, 0.5) is 8.78 Å². The van der Waals surface area contributed by atoms with Crippen molar-refractivity contribution in [3.63, 3.8) is 0 Å². The maximum atomic E-state index is 18.2. The summed E-state index contributed by atoms with van der Waals surface area (Å²) < 4.78 is 59.8. The average molecular weight is 907 g/mol. The van der Waals surface area contributed by atoms with Crippen molar-refractivity contribution < 1.29 is 8.78 Å². The second kappa shape index (κ2) is 19.7. The van der Waals surface area contributed by atoms with Crippen molar-refractivity contribution in [3.05, 3.63) is 169 Å². The van der Waals surface area contributed by atoms with Crippen LogP contribution in [0.5, 0.6) is 0 Å². The Bertz CT molecular complexity index is 2930. The maximum Gasteiger partial charge on any atom is 0.327 e. The molecule has 0 saturated heterocycles. The molecule has 10 rings (SSSR count). The van der Waals surface area contributed by atoms with E-state index in [0.717, 1.165) is 121 Å². The normalized spacial score (nSPS) is 11.6. The molecule has 0 atom stereocenters. The third kappa shape index (κ3) is 8.30. The first-order valence-electron chi connectivity index (χ1n) is 23.4. The smallest absolute Gasteiger partial charge is 0.327 e. The van der Waals surface area contributed by atoms with Crippen molar-refractivity contribution >= 4 is 91.8 Å². The van der Waals surface area contributed by atoms with Crippen molar-refractivity contribution in [2.75, 3.05) is 0 Å². The van der Waals surface area contributed by atoms with Crippen LogP contribution in [0.1, 0.15) is 76.3 Å². The lowest BCUT2D eigenvalue weighted by Gasteiger charge is -2.23. The molecule has 0 radical (unpaired) electrons. The Kier molecular flexibility index (Phi) is 13.0. The predicted molar refractivity (Wildman–Crippen MR) is 275 cm³/mol. The molecule has 0 unspecified atom stereocenters. The van der Waals surface area contributed by atoms with Gasteiger partial charge in [-0.25, -0.2) is 8.78 Å². The Morgan fingerprint density at radius 1 is 0.439 bits per heavy atom. The zero-order valence-electron chi connectivity index (χ0n) is 37.3. The molecule has 0 saturated carbocycles. The maximum absolute atomic E-state index is 18.2. The lowest BCUT2D eigenvalue weighted by atomic mass is 9.50. The average Bonchev–Trinajstić information content (AvgIpc) is 4.20. The minimum absolute atomic E-state index is 0.111. The standard InChI is InChI=1S/C54H50B2F2N6S2/c1-3-5-7-13-23-37-33-43(63(35-37)55(39-25-15-9-16-26-39)40-27-17-10-18-28-40)45-47-48(52-53(49(45)57)61-66-60-52)46(50(58)54-51(47)59-65-62-54)44-34-38(24-14-8-6-4-2)36-64(44)56(41-29-19-11-20-30-41)42-31-21-12-22-32-42/h9-12,15-22,25-36H,3-8,13-14,23-24H2,1-2H3. The lowest BCUT2D eigenvalue weighted by molar-refractivity contribution is 0.639. The summed E-state index contributed by atoms with van der Waals surface area (Å²) >= 11 is 1.89. The topological polar surface area (TPSA) is 61.4 Å². The van der Waals surface area contributed by atoms with E-state index in [4.69, 9.17) is 8.75 Å². The van der Waals surface area contributed by atoms with Crippen LogP contribution in [0.3, 0.4) is 0 Å². The van der Waals surface area contributed by atoms with Gasteiger partial charge < -0.3 is 8.96 Å². The van der Waals surface area contributed by atoms with Gasteiger partial charge in [0.15, 0.2) is 11.6 Å². The molecule has 10 aromatic rings. The molecule has 4 heterocycles. The zero-order chi connectivity index (χ0) is 45.0. The van der Waals surface area contributed by atoms with Crippen molar-refractivity contribution in [3.8, 4) is 22.5 Å². The number of aromatic nitrogens is 6. The molecule has 4 aromatic heterocycles. The number of unbranched alkanes of at least 4 members (excludes halogenated alkanes) is 6. The van der Waals surface area contributed by atoms with Crippen molar-refractivity contribution in [2.45, 2.75) is 78.1 Å². The zero-order valence-corrected chi connectivity index (χ0v) is 39.0. The first-order valence-corrected chi connectivity index (χ1v) is 24.8. The molecule has 0 amide bonds. The molecular formula is C54H50B2F2N6S2. The summed E-state index contributed by atoms with van der Waals surface area (Å²) in [6.07, 6.45) is 14.8. The summed E-state index contributed by atoms with van der Waals surface area (Å²) in [6.45, 7) is 3.82. The number of benzene rings is 6. The van der Waals surface area contributed by atoms with E-state index in [1.165, 1.54) is 0 Å². The van der Waals surface area contributed by atoms with Crippen molar-refractivity contribution in [1.82, 2.24) is 26.5 Å². The SMILES string of the molecule is CCCCCCc1cc(-c2c(F)c3nsnc3c3c(-c4cc(CCCCCC)cn4B(c4ccccc4)c4ccccc4)c(F)c4nsnc4c23)n(B(c2ccccc2)c2ccccc2)c1. The van der Waals surface area contributed by atoms with E-state index < -0.39 is 11.6 Å². The fraction of sp³-hybridized carbons (Fsp3) is 0.222. The van der Waals surface area contributed by atoms with E-state index in [-0.39, 0.29) is 24.7 Å². The van der Waals surface area contributed by atoms with Gasteiger partial charge in [0.1, 0.15) is 22.1 Å². The fourth-order valence-corrected chi connectivity index (χ4v) is 11.0. The van der Waals surface area contributed by atoms with Crippen LogP contribution in [0.15, 0.2) is 146 Å². The van der Waals surface area contributed by atoms with Gasteiger partial charge in [0, 0.05) is 33.3 Å². The third-order valence-corrected chi connectivity index (χ3v) is 14.1. The van der Waals surface area contributed by atoms with Crippen LogP contribution in [-0.2, 0) is 12.8 Å². The van der Waals surface area contributed by atoms with Gasteiger partial charge in [-0.05, 0) is 61.3 Å². The van der Waals surface area contributed by atoms with Crippen LogP contribution in [0, 0.1) is 11.6 Å². The highest BCUT2D eigenvalue weighted by atomic mass is 32.1. The summed E-state index contributed by atoms with van der Waals surface area (Å²) in [5.74, 6) is -1.01. The second-order valence-corrected chi connectivity index (χ2v) is 18.5. The Morgan fingerprint density at radius 3 is 1.11 bits per heavy atom. The number of hydrogen-bond donors (Lipinski definition) is 0. The molecule has 0 spiro atoms. The van der Waals surface area contributed by atoms with E-state index in [9.17, 15) is 0 Å². The number of nitrogens with zero attached hydrogens (tertiary/aromatic N) is 6. The summed E-state index contributed by atoms with van der Waals surface area (Å²) in [4.78, 5) is 0. The predicted octanol–water partition coefficient (Wildman–Crippen LogP) is 11.6. The molecule has 328 valence electrons. The molecule has 0 aliphatic rings. The summed E-state index contributed by atoms with van der Waals surface area (Å²) in [5.41, 5.74) is 9.27. The van der Waals surface area contributed by atoms with Crippen LogP contribution in [-0.4, -0.2) is 40.1 Å². The van der Waals surface area contributed by atoms with Gasteiger partial charge in [-0.3, -0.25) is 0 Å². The molecule has 12 heteroatoms. The van der Waals surface area contributed by atoms with Gasteiger partial charge >= 0.3 is 13.7 Å². The molecule has 66 heavy (non-hydrogen) atoms. The number of halogens is 2. The van der Waals surface area contributed by atoms with E-state index in [2.05, 4.69) is 105 Å². The van der Waals surface area contributed by atoms with E-state index in [0.29, 0.717) is 44.3 Å². The quantitative estimate of drug-likeness (QED) is 0.0636. The summed E-state index contributed by atoms with van der Waals surface area (Å²) in [7, 11) is 0. The van der Waals surface area contributed by atoms with Crippen LogP contribution < -0.4 is 21.9 Å². The van der Waals surface area contributed by atoms with Gasteiger partial charge in [0.05, 0.1) is 23.5 Å². The van der Waals surface area contributed by atoms with Gasteiger partial charge in [-0.15, -0.1) is 0 Å².